The first-order valence-electron chi connectivity index (χ1n) is 3.93. The van der Waals surface area contributed by atoms with Gasteiger partial charge in [0.25, 0.3) is 5.95 Å². The lowest BCUT2D eigenvalue weighted by Crippen LogP contribution is -2.05. The quantitative estimate of drug-likeness (QED) is 0.647. The molecular weight excluding hydrogens is 157 g/mol. The molecule has 12 heavy (non-hydrogen) atoms. The predicted molar refractivity (Wildman–Crippen MR) is 44.5 cm³/mol. The van der Waals surface area contributed by atoms with Crippen LogP contribution in [0.5, 0.6) is 5.75 Å². The molecule has 0 bridgehead atoms. The van der Waals surface area contributed by atoms with Gasteiger partial charge in [0.15, 0.2) is 5.75 Å². The van der Waals surface area contributed by atoms with E-state index in [2.05, 4.69) is 4.98 Å². The molecule has 0 aromatic carbocycles. The molecule has 3 heteroatoms. The average molecular weight is 169 g/mol. The van der Waals surface area contributed by atoms with Gasteiger partial charge in [0, 0.05) is 6.20 Å². The summed E-state index contributed by atoms with van der Waals surface area (Å²) in [5.74, 6) is 0.0777. The van der Waals surface area contributed by atoms with Crippen molar-refractivity contribution in [3.63, 3.8) is 0 Å². The smallest absolute Gasteiger partial charge is 0.255 e. The third kappa shape index (κ3) is 2.49. The minimum Gasteiger partial charge on any atom is -0.489 e. The normalized spacial score (nSPS) is 10.3. The van der Waals surface area contributed by atoms with Crippen LogP contribution in [0.25, 0.3) is 0 Å². The largest absolute Gasteiger partial charge is 0.489 e. The summed E-state index contributed by atoms with van der Waals surface area (Å²) >= 11 is 0. The monoisotopic (exact) mass is 169 g/mol. The van der Waals surface area contributed by atoms with Gasteiger partial charge in [-0.1, -0.05) is 13.8 Å². The van der Waals surface area contributed by atoms with E-state index in [9.17, 15) is 4.39 Å². The summed E-state index contributed by atoms with van der Waals surface area (Å²) in [6.07, 6.45) is 1.40. The number of hydrogen-bond acceptors (Lipinski definition) is 2. The van der Waals surface area contributed by atoms with E-state index >= 15 is 0 Å². The molecule has 66 valence electrons. The molecule has 0 saturated carbocycles. The minimum absolute atomic E-state index is 0.228. The Morgan fingerprint density at radius 2 is 2.33 bits per heavy atom. The van der Waals surface area contributed by atoms with Gasteiger partial charge in [0.1, 0.15) is 0 Å². The van der Waals surface area contributed by atoms with Gasteiger partial charge in [0.05, 0.1) is 6.61 Å². The Kier molecular flexibility index (Phi) is 3.02. The number of ether oxygens (including phenoxy) is 1. The van der Waals surface area contributed by atoms with Gasteiger partial charge in [-0.3, -0.25) is 0 Å². The molecular formula is C9H12FNO. The SMILES string of the molecule is CC(C)COc1cccnc1F. The molecule has 1 heterocycles. The number of aromatic nitrogens is 1. The molecule has 0 unspecified atom stereocenters. The van der Waals surface area contributed by atoms with Crippen molar-refractivity contribution in [3.05, 3.63) is 24.3 Å². The second-order valence-electron chi connectivity index (χ2n) is 3.00. The summed E-state index contributed by atoms with van der Waals surface area (Å²) in [6, 6.07) is 3.23. The second kappa shape index (κ2) is 4.04. The van der Waals surface area contributed by atoms with Crippen molar-refractivity contribution < 1.29 is 9.13 Å². The van der Waals surface area contributed by atoms with Crippen molar-refractivity contribution >= 4 is 0 Å². The molecule has 0 amide bonds. The van der Waals surface area contributed by atoms with E-state index in [4.69, 9.17) is 4.74 Å². The van der Waals surface area contributed by atoms with Crippen molar-refractivity contribution in [2.24, 2.45) is 5.92 Å². The summed E-state index contributed by atoms with van der Waals surface area (Å²) in [7, 11) is 0. The van der Waals surface area contributed by atoms with Crippen LogP contribution >= 0.6 is 0 Å². The Morgan fingerprint density at radius 1 is 1.58 bits per heavy atom. The van der Waals surface area contributed by atoms with Gasteiger partial charge < -0.3 is 4.74 Å². The summed E-state index contributed by atoms with van der Waals surface area (Å²) in [5, 5.41) is 0. The van der Waals surface area contributed by atoms with E-state index in [1.54, 1.807) is 12.1 Å². The van der Waals surface area contributed by atoms with Crippen molar-refractivity contribution in [2.75, 3.05) is 6.61 Å². The Balaban J connectivity index is 2.57. The maximum atomic E-state index is 12.8. The van der Waals surface area contributed by atoms with Crippen LogP contribution in [0.15, 0.2) is 18.3 Å². The second-order valence-corrected chi connectivity index (χ2v) is 3.00. The molecule has 0 atom stereocenters. The number of hydrogen-bond donors (Lipinski definition) is 0. The Bertz CT molecular complexity index is 250. The molecule has 1 aromatic heterocycles. The Labute approximate surface area is 71.4 Å². The molecule has 1 aromatic rings. The van der Waals surface area contributed by atoms with E-state index in [0.717, 1.165) is 0 Å². The molecule has 0 radical (unpaired) electrons. The van der Waals surface area contributed by atoms with Gasteiger partial charge in [-0.25, -0.2) is 4.98 Å². The van der Waals surface area contributed by atoms with Crippen LogP contribution in [0, 0.1) is 11.9 Å². The van der Waals surface area contributed by atoms with E-state index in [1.165, 1.54) is 6.20 Å². The van der Waals surface area contributed by atoms with Crippen LogP contribution < -0.4 is 4.74 Å². The molecule has 0 aliphatic rings. The molecule has 0 aliphatic heterocycles. The molecule has 0 N–H and O–H groups in total. The van der Waals surface area contributed by atoms with Gasteiger partial charge in [-0.15, -0.1) is 0 Å². The fourth-order valence-electron chi connectivity index (χ4n) is 0.735. The molecule has 0 fully saturated rings. The van der Waals surface area contributed by atoms with E-state index in [-0.39, 0.29) is 5.75 Å². The van der Waals surface area contributed by atoms with Crippen LogP contribution in [0.3, 0.4) is 0 Å². The first-order chi connectivity index (χ1) is 5.70. The maximum Gasteiger partial charge on any atom is 0.255 e. The lowest BCUT2D eigenvalue weighted by molar-refractivity contribution is 0.256. The first kappa shape index (κ1) is 8.97. The highest BCUT2D eigenvalue weighted by Gasteiger charge is 2.03. The molecule has 1 rings (SSSR count). The zero-order valence-electron chi connectivity index (χ0n) is 7.25. The summed E-state index contributed by atoms with van der Waals surface area (Å²) in [5.41, 5.74) is 0. The molecule has 0 spiro atoms. The van der Waals surface area contributed by atoms with Crippen molar-refractivity contribution in [1.29, 1.82) is 0 Å². The van der Waals surface area contributed by atoms with Crippen LogP contribution in [0.4, 0.5) is 4.39 Å². The lowest BCUT2D eigenvalue weighted by atomic mass is 10.2. The van der Waals surface area contributed by atoms with Crippen molar-refractivity contribution in [2.45, 2.75) is 13.8 Å². The van der Waals surface area contributed by atoms with Crippen LogP contribution in [0.2, 0.25) is 0 Å². The highest BCUT2D eigenvalue weighted by Crippen LogP contribution is 2.13. The highest BCUT2D eigenvalue weighted by molar-refractivity contribution is 5.17. The fourth-order valence-corrected chi connectivity index (χ4v) is 0.735. The third-order valence-corrected chi connectivity index (χ3v) is 1.30. The minimum atomic E-state index is -0.543. The number of pyridine rings is 1. The van der Waals surface area contributed by atoms with Crippen molar-refractivity contribution in [1.82, 2.24) is 4.98 Å². The highest BCUT2D eigenvalue weighted by atomic mass is 19.1. The topological polar surface area (TPSA) is 22.1 Å². The van der Waals surface area contributed by atoms with Gasteiger partial charge in [-0.2, -0.15) is 4.39 Å². The zero-order valence-corrected chi connectivity index (χ0v) is 7.25. The summed E-state index contributed by atoms with van der Waals surface area (Å²) < 4.78 is 18.0. The predicted octanol–water partition coefficient (Wildman–Crippen LogP) is 2.26. The molecule has 2 nitrogen and oxygen atoms in total. The van der Waals surface area contributed by atoms with Crippen LogP contribution in [-0.2, 0) is 0 Å². The van der Waals surface area contributed by atoms with Crippen molar-refractivity contribution in [3.8, 4) is 5.75 Å². The van der Waals surface area contributed by atoms with E-state index in [0.29, 0.717) is 12.5 Å². The third-order valence-electron chi connectivity index (χ3n) is 1.30. The van der Waals surface area contributed by atoms with Crippen LogP contribution in [-0.4, -0.2) is 11.6 Å². The molecule has 0 saturated heterocycles. The Morgan fingerprint density at radius 3 is 2.92 bits per heavy atom. The first-order valence-corrected chi connectivity index (χ1v) is 3.93. The molecule has 0 aliphatic carbocycles. The number of rotatable bonds is 3. The number of nitrogens with zero attached hydrogens (tertiary/aromatic N) is 1. The Hall–Kier alpha value is -1.12. The standard InChI is InChI=1S/C9H12FNO/c1-7(2)6-12-8-4-3-5-11-9(8)10/h3-5,7H,6H2,1-2H3. The lowest BCUT2D eigenvalue weighted by Gasteiger charge is -2.07. The van der Waals surface area contributed by atoms with Gasteiger partial charge in [0.2, 0.25) is 0 Å². The maximum absolute atomic E-state index is 12.8. The average Bonchev–Trinajstić information content (AvgIpc) is 2.03. The summed E-state index contributed by atoms with van der Waals surface area (Å²) in [4.78, 5) is 3.47. The number of halogens is 1. The fraction of sp³-hybridized carbons (Fsp3) is 0.444. The zero-order chi connectivity index (χ0) is 8.97. The van der Waals surface area contributed by atoms with Gasteiger partial charge in [-0.05, 0) is 18.1 Å². The van der Waals surface area contributed by atoms with E-state index < -0.39 is 5.95 Å². The van der Waals surface area contributed by atoms with Crippen LogP contribution in [0.1, 0.15) is 13.8 Å². The van der Waals surface area contributed by atoms with Gasteiger partial charge >= 0.3 is 0 Å². The summed E-state index contributed by atoms with van der Waals surface area (Å²) in [6.45, 7) is 4.53. The van der Waals surface area contributed by atoms with E-state index in [1.807, 2.05) is 13.8 Å².